The van der Waals surface area contributed by atoms with Crippen LogP contribution < -0.4 is 5.32 Å². The minimum atomic E-state index is -1.13. The first-order valence-electron chi connectivity index (χ1n) is 6.09. The molecule has 0 saturated carbocycles. The van der Waals surface area contributed by atoms with Crippen molar-refractivity contribution in [2.45, 2.75) is 13.8 Å². The van der Waals surface area contributed by atoms with Gasteiger partial charge in [-0.05, 0) is 31.0 Å². The number of anilines is 2. The number of phenolic OH excluding ortho intramolecular Hbond substituents is 1. The maximum Gasteiger partial charge on any atom is 0.337 e. The van der Waals surface area contributed by atoms with Gasteiger partial charge < -0.3 is 15.5 Å². The Morgan fingerprint density at radius 1 is 1.19 bits per heavy atom. The molecule has 0 fully saturated rings. The molecule has 2 aromatic rings. The first-order chi connectivity index (χ1) is 9.79. The van der Waals surface area contributed by atoms with Gasteiger partial charge in [0, 0.05) is 12.1 Å². The van der Waals surface area contributed by atoms with Crippen molar-refractivity contribution in [1.29, 1.82) is 0 Å². The van der Waals surface area contributed by atoms with Gasteiger partial charge in [-0.15, -0.1) is 0 Å². The van der Waals surface area contributed by atoms with Crippen LogP contribution in [0.3, 0.4) is 0 Å². The second-order valence-corrected chi connectivity index (χ2v) is 5.13. The highest BCUT2D eigenvalue weighted by molar-refractivity contribution is 6.33. The molecular formula is C15H13ClFNO3. The van der Waals surface area contributed by atoms with E-state index in [-0.39, 0.29) is 27.7 Å². The normalized spacial score (nSPS) is 10.5. The SMILES string of the molecule is Cc1cc(C)c(Nc2c(F)cc(O)cc2Cl)c(C(=O)O)c1. The zero-order chi connectivity index (χ0) is 15.7. The van der Waals surface area contributed by atoms with Gasteiger partial charge in [0.2, 0.25) is 0 Å². The number of aryl methyl sites for hydroxylation is 2. The fourth-order valence-corrected chi connectivity index (χ4v) is 2.36. The highest BCUT2D eigenvalue weighted by atomic mass is 35.5. The summed E-state index contributed by atoms with van der Waals surface area (Å²) in [6.07, 6.45) is 0. The van der Waals surface area contributed by atoms with Crippen LogP contribution in [0.15, 0.2) is 24.3 Å². The van der Waals surface area contributed by atoms with Crippen molar-refractivity contribution in [3.63, 3.8) is 0 Å². The number of hydrogen-bond acceptors (Lipinski definition) is 3. The molecular weight excluding hydrogens is 297 g/mol. The topological polar surface area (TPSA) is 69.6 Å². The maximum atomic E-state index is 13.9. The molecule has 6 heteroatoms. The smallest absolute Gasteiger partial charge is 0.337 e. The highest BCUT2D eigenvalue weighted by Gasteiger charge is 2.17. The third kappa shape index (κ3) is 3.08. The quantitative estimate of drug-likeness (QED) is 0.742. The summed E-state index contributed by atoms with van der Waals surface area (Å²) in [7, 11) is 0. The predicted molar refractivity (Wildman–Crippen MR) is 79.2 cm³/mol. The molecule has 0 aliphatic carbocycles. The summed E-state index contributed by atoms with van der Waals surface area (Å²) in [5.74, 6) is -2.20. The summed E-state index contributed by atoms with van der Waals surface area (Å²) in [6.45, 7) is 3.49. The minimum absolute atomic E-state index is 0.0241. The molecule has 0 unspecified atom stereocenters. The lowest BCUT2D eigenvalue weighted by molar-refractivity contribution is 0.0698. The summed E-state index contributed by atoms with van der Waals surface area (Å²) >= 11 is 5.89. The molecule has 0 atom stereocenters. The van der Waals surface area contributed by atoms with Gasteiger partial charge in [-0.3, -0.25) is 0 Å². The summed E-state index contributed by atoms with van der Waals surface area (Å²) in [4.78, 5) is 11.3. The molecule has 4 nitrogen and oxygen atoms in total. The largest absolute Gasteiger partial charge is 0.508 e. The van der Waals surface area contributed by atoms with Crippen LogP contribution in [0.25, 0.3) is 0 Å². The van der Waals surface area contributed by atoms with Crippen molar-refractivity contribution in [3.05, 3.63) is 51.8 Å². The van der Waals surface area contributed by atoms with Gasteiger partial charge in [-0.25, -0.2) is 9.18 Å². The molecule has 0 saturated heterocycles. The molecule has 0 aliphatic rings. The van der Waals surface area contributed by atoms with E-state index < -0.39 is 11.8 Å². The lowest BCUT2D eigenvalue weighted by Gasteiger charge is -2.15. The fraction of sp³-hybridized carbons (Fsp3) is 0.133. The Kier molecular flexibility index (Phi) is 4.04. The number of benzene rings is 2. The van der Waals surface area contributed by atoms with Crippen molar-refractivity contribution in [2.24, 2.45) is 0 Å². The average Bonchev–Trinajstić information content (AvgIpc) is 2.34. The number of hydrogen-bond donors (Lipinski definition) is 3. The molecule has 0 bridgehead atoms. The second kappa shape index (κ2) is 5.61. The number of nitrogens with one attached hydrogen (secondary N) is 1. The van der Waals surface area contributed by atoms with Crippen LogP contribution in [0.1, 0.15) is 21.5 Å². The number of aromatic hydroxyl groups is 1. The average molecular weight is 310 g/mol. The van der Waals surface area contributed by atoms with E-state index in [0.717, 1.165) is 11.6 Å². The van der Waals surface area contributed by atoms with Gasteiger partial charge in [0.1, 0.15) is 5.75 Å². The van der Waals surface area contributed by atoms with E-state index in [1.54, 1.807) is 19.9 Å². The number of aromatic carboxylic acids is 1. The van der Waals surface area contributed by atoms with E-state index in [4.69, 9.17) is 11.6 Å². The van der Waals surface area contributed by atoms with Gasteiger partial charge in [-0.1, -0.05) is 17.7 Å². The Bertz CT molecular complexity index is 708. The summed E-state index contributed by atoms with van der Waals surface area (Å²) in [5.41, 5.74) is 1.64. The third-order valence-electron chi connectivity index (χ3n) is 2.99. The van der Waals surface area contributed by atoms with Gasteiger partial charge in [0.05, 0.1) is 22.0 Å². The van der Waals surface area contributed by atoms with Gasteiger partial charge in [0.15, 0.2) is 5.82 Å². The Hall–Kier alpha value is -2.27. The minimum Gasteiger partial charge on any atom is -0.508 e. The standard InChI is InChI=1S/C15H13ClFNO3/c1-7-3-8(2)13(10(4-7)15(20)21)18-14-11(16)5-9(19)6-12(14)17/h3-6,18-19H,1-2H3,(H,20,21). The van der Waals surface area contributed by atoms with Crippen LogP contribution >= 0.6 is 11.6 Å². The predicted octanol–water partition coefficient (Wildman–Crippen LogP) is 4.24. The number of carboxylic acids is 1. The van der Waals surface area contributed by atoms with E-state index in [1.165, 1.54) is 12.1 Å². The summed E-state index contributed by atoms with van der Waals surface area (Å²) in [5, 5.41) is 21.2. The Balaban J connectivity index is 2.57. The zero-order valence-corrected chi connectivity index (χ0v) is 12.1. The lowest BCUT2D eigenvalue weighted by atomic mass is 10.0. The van der Waals surface area contributed by atoms with Crippen LogP contribution in [0.2, 0.25) is 5.02 Å². The van der Waals surface area contributed by atoms with E-state index in [9.17, 15) is 19.4 Å². The summed E-state index contributed by atoms with van der Waals surface area (Å²) in [6, 6.07) is 5.35. The Morgan fingerprint density at radius 3 is 2.43 bits per heavy atom. The molecule has 0 spiro atoms. The molecule has 0 heterocycles. The molecule has 0 aromatic heterocycles. The third-order valence-corrected chi connectivity index (χ3v) is 3.29. The van der Waals surface area contributed by atoms with Gasteiger partial charge in [-0.2, -0.15) is 0 Å². The van der Waals surface area contributed by atoms with Crippen LogP contribution in [-0.4, -0.2) is 16.2 Å². The number of halogens is 2. The maximum absolute atomic E-state index is 13.9. The van der Waals surface area contributed by atoms with E-state index in [0.29, 0.717) is 5.56 Å². The van der Waals surface area contributed by atoms with Crippen molar-refractivity contribution >= 4 is 28.9 Å². The van der Waals surface area contributed by atoms with Crippen LogP contribution in [-0.2, 0) is 0 Å². The van der Waals surface area contributed by atoms with Crippen molar-refractivity contribution in [2.75, 3.05) is 5.32 Å². The second-order valence-electron chi connectivity index (χ2n) is 4.72. The molecule has 21 heavy (non-hydrogen) atoms. The van der Waals surface area contributed by atoms with Crippen LogP contribution in [0.4, 0.5) is 15.8 Å². The first kappa shape index (κ1) is 15.1. The van der Waals surface area contributed by atoms with Gasteiger partial charge in [0.25, 0.3) is 0 Å². The van der Waals surface area contributed by atoms with Crippen molar-refractivity contribution < 1.29 is 19.4 Å². The number of rotatable bonds is 3. The van der Waals surface area contributed by atoms with E-state index in [1.807, 2.05) is 0 Å². The molecule has 3 N–H and O–H groups in total. The highest BCUT2D eigenvalue weighted by Crippen LogP contribution is 2.34. The Labute approximate surface area is 125 Å². The zero-order valence-electron chi connectivity index (χ0n) is 11.4. The van der Waals surface area contributed by atoms with Crippen LogP contribution in [0, 0.1) is 19.7 Å². The van der Waals surface area contributed by atoms with Crippen molar-refractivity contribution in [3.8, 4) is 5.75 Å². The van der Waals surface area contributed by atoms with E-state index >= 15 is 0 Å². The van der Waals surface area contributed by atoms with Crippen LogP contribution in [0.5, 0.6) is 5.75 Å². The fourth-order valence-electron chi connectivity index (χ4n) is 2.11. The number of carboxylic acid groups (broad SMARTS) is 1. The molecule has 0 radical (unpaired) electrons. The molecule has 0 aliphatic heterocycles. The summed E-state index contributed by atoms with van der Waals surface area (Å²) < 4.78 is 13.9. The van der Waals surface area contributed by atoms with Gasteiger partial charge >= 0.3 is 5.97 Å². The Morgan fingerprint density at radius 2 is 1.86 bits per heavy atom. The van der Waals surface area contributed by atoms with E-state index in [2.05, 4.69) is 5.32 Å². The molecule has 110 valence electrons. The number of carbonyl (C=O) groups is 1. The molecule has 2 aromatic carbocycles. The number of phenols is 1. The first-order valence-corrected chi connectivity index (χ1v) is 6.47. The monoisotopic (exact) mass is 309 g/mol. The van der Waals surface area contributed by atoms with Crippen molar-refractivity contribution in [1.82, 2.24) is 0 Å². The lowest BCUT2D eigenvalue weighted by Crippen LogP contribution is -2.06. The molecule has 0 amide bonds. The molecule has 2 rings (SSSR count).